The third-order valence-corrected chi connectivity index (χ3v) is 16.6. The number of allylic oxidation sites excluding steroid dienone is 6. The predicted octanol–water partition coefficient (Wildman–Crippen LogP) is 25.1. The molecule has 6 heteroatoms. The van der Waals surface area contributed by atoms with E-state index in [4.69, 9.17) is 14.2 Å². The average Bonchev–Trinajstić information content (AvgIpc) is 3.47. The Labute approximate surface area is 506 Å². The number of rotatable bonds is 68. The number of hydrogen-bond acceptors (Lipinski definition) is 6. The molecule has 1 unspecified atom stereocenters. The summed E-state index contributed by atoms with van der Waals surface area (Å²) in [4.78, 5) is 38.5. The van der Waals surface area contributed by atoms with Gasteiger partial charge in [-0.2, -0.15) is 0 Å². The van der Waals surface area contributed by atoms with E-state index in [0.717, 1.165) is 77.0 Å². The summed E-state index contributed by atoms with van der Waals surface area (Å²) in [6, 6.07) is 0. The minimum Gasteiger partial charge on any atom is -0.462 e. The number of unbranched alkanes of at least 4 members (excludes halogenated alkanes) is 51. The zero-order valence-electron chi connectivity index (χ0n) is 54.8. The number of hydrogen-bond donors (Lipinski definition) is 0. The lowest BCUT2D eigenvalue weighted by Gasteiger charge is -2.18. The van der Waals surface area contributed by atoms with Gasteiger partial charge >= 0.3 is 17.9 Å². The molecule has 0 aromatic rings. The molecule has 1 atom stereocenters. The molecule has 0 aromatic carbocycles. The first-order valence-corrected chi connectivity index (χ1v) is 36.5. The smallest absolute Gasteiger partial charge is 0.306 e. The number of ether oxygens (including phenoxy) is 3. The van der Waals surface area contributed by atoms with Gasteiger partial charge in [0, 0.05) is 19.3 Å². The fraction of sp³-hybridized carbons (Fsp3) is 0.880. The molecule has 476 valence electrons. The van der Waals surface area contributed by atoms with Gasteiger partial charge in [-0.3, -0.25) is 14.4 Å². The van der Waals surface area contributed by atoms with Gasteiger partial charge in [0.15, 0.2) is 6.10 Å². The minimum atomic E-state index is -0.779. The van der Waals surface area contributed by atoms with Crippen molar-refractivity contribution in [3.05, 3.63) is 36.5 Å². The van der Waals surface area contributed by atoms with Gasteiger partial charge in [-0.1, -0.05) is 346 Å². The number of carbonyl (C=O) groups excluding carboxylic acids is 3. The van der Waals surface area contributed by atoms with Crippen molar-refractivity contribution in [2.45, 2.75) is 412 Å². The molecular weight excluding hydrogens is 997 g/mol. The van der Waals surface area contributed by atoms with Crippen LogP contribution in [-0.4, -0.2) is 37.2 Å². The second-order valence-electron chi connectivity index (χ2n) is 24.9. The second-order valence-corrected chi connectivity index (χ2v) is 24.9. The van der Waals surface area contributed by atoms with Gasteiger partial charge in [-0.15, -0.1) is 0 Å². The van der Waals surface area contributed by atoms with Gasteiger partial charge in [0.05, 0.1) is 0 Å². The van der Waals surface area contributed by atoms with Crippen LogP contribution < -0.4 is 0 Å². The van der Waals surface area contributed by atoms with Crippen LogP contribution in [0, 0.1) is 0 Å². The quantitative estimate of drug-likeness (QED) is 0.0261. The number of esters is 3. The molecule has 6 nitrogen and oxygen atoms in total. The topological polar surface area (TPSA) is 78.9 Å². The molecule has 0 fully saturated rings. The fourth-order valence-electron chi connectivity index (χ4n) is 11.1. The highest BCUT2D eigenvalue weighted by molar-refractivity contribution is 5.71. The Hall–Kier alpha value is -2.37. The molecule has 0 heterocycles. The van der Waals surface area contributed by atoms with Gasteiger partial charge in [-0.05, 0) is 77.0 Å². The van der Waals surface area contributed by atoms with E-state index in [1.165, 1.54) is 289 Å². The van der Waals surface area contributed by atoms with Gasteiger partial charge in [0.1, 0.15) is 13.2 Å². The van der Waals surface area contributed by atoms with E-state index in [1.54, 1.807) is 0 Å². The average molecular weight is 1140 g/mol. The summed E-state index contributed by atoms with van der Waals surface area (Å²) in [5.41, 5.74) is 0. The Bertz CT molecular complexity index is 1350. The Balaban J connectivity index is 4.24. The Morgan fingerprint density at radius 2 is 0.444 bits per heavy atom. The van der Waals surface area contributed by atoms with Crippen molar-refractivity contribution in [3.8, 4) is 0 Å². The lowest BCUT2D eigenvalue weighted by molar-refractivity contribution is -0.167. The first kappa shape index (κ1) is 78.6. The van der Waals surface area contributed by atoms with Crippen LogP contribution in [0.2, 0.25) is 0 Å². The highest BCUT2D eigenvalue weighted by Crippen LogP contribution is 2.19. The normalized spacial score (nSPS) is 12.2. The van der Waals surface area contributed by atoms with Crippen LogP contribution in [-0.2, 0) is 28.6 Å². The summed E-state index contributed by atoms with van der Waals surface area (Å²) in [5, 5.41) is 0. The Morgan fingerprint density at radius 3 is 0.716 bits per heavy atom. The Kier molecular flexibility index (Phi) is 68.1. The summed E-state index contributed by atoms with van der Waals surface area (Å²) >= 11 is 0. The molecule has 0 aliphatic carbocycles. The fourth-order valence-corrected chi connectivity index (χ4v) is 11.1. The molecule has 0 rings (SSSR count). The van der Waals surface area contributed by atoms with Crippen LogP contribution >= 0.6 is 0 Å². The van der Waals surface area contributed by atoms with Crippen molar-refractivity contribution in [1.82, 2.24) is 0 Å². The zero-order valence-corrected chi connectivity index (χ0v) is 54.8. The minimum absolute atomic E-state index is 0.0728. The van der Waals surface area contributed by atoms with Crippen LogP contribution in [0.3, 0.4) is 0 Å². The van der Waals surface area contributed by atoms with Crippen molar-refractivity contribution in [3.63, 3.8) is 0 Å². The van der Waals surface area contributed by atoms with Crippen molar-refractivity contribution in [1.29, 1.82) is 0 Å². The van der Waals surface area contributed by atoms with Gasteiger partial charge in [0.2, 0.25) is 0 Å². The van der Waals surface area contributed by atoms with Crippen LogP contribution in [0.5, 0.6) is 0 Å². The number of carbonyl (C=O) groups is 3. The second kappa shape index (κ2) is 70.1. The SMILES string of the molecule is CCCCC/C=C\C/C=C\CCCCCCCC(=O)OCC(COC(=O)CCCCCCCCCCCCCCCCCCCCCCCCCCCCC)OC(=O)CCCCCCCCCCC/C=C\CCCCCCCCCC. The molecule has 0 saturated carbocycles. The highest BCUT2D eigenvalue weighted by atomic mass is 16.6. The van der Waals surface area contributed by atoms with Gasteiger partial charge < -0.3 is 14.2 Å². The molecule has 0 aromatic heterocycles. The summed E-state index contributed by atoms with van der Waals surface area (Å²) in [7, 11) is 0. The molecule has 0 aliphatic rings. The highest BCUT2D eigenvalue weighted by Gasteiger charge is 2.19. The predicted molar refractivity (Wildman–Crippen MR) is 353 cm³/mol. The summed E-state index contributed by atoms with van der Waals surface area (Å²) in [5.74, 6) is -0.860. The molecule has 0 radical (unpaired) electrons. The van der Waals surface area contributed by atoms with Crippen molar-refractivity contribution < 1.29 is 28.6 Å². The molecule has 0 bridgehead atoms. The summed E-state index contributed by atoms with van der Waals surface area (Å²) in [6.07, 6.45) is 87.5. The Morgan fingerprint density at radius 1 is 0.247 bits per heavy atom. The monoisotopic (exact) mass is 1140 g/mol. The maximum Gasteiger partial charge on any atom is 0.306 e. The standard InChI is InChI=1S/C75H140O6/c1-4-7-10-13-16-19-22-25-28-30-32-34-35-36-37-38-39-41-42-44-47-50-53-56-59-62-65-68-74(77)80-71-72(70-79-73(76)67-64-61-58-55-52-49-46-27-24-21-18-15-12-9-6-3)81-75(78)69-66-63-60-57-54-51-48-45-43-40-33-31-29-26-23-20-17-14-11-8-5-2/h18,21,27,31,33,46,72H,4-17,19-20,22-26,28-30,32,34-45,47-71H2,1-3H3/b21-18-,33-31-,46-27-. The van der Waals surface area contributed by atoms with E-state index in [0.29, 0.717) is 19.3 Å². The molecule has 0 amide bonds. The molecule has 81 heavy (non-hydrogen) atoms. The van der Waals surface area contributed by atoms with Crippen molar-refractivity contribution in [2.75, 3.05) is 13.2 Å². The van der Waals surface area contributed by atoms with Gasteiger partial charge in [-0.25, -0.2) is 0 Å². The molecule has 0 spiro atoms. The first-order chi connectivity index (χ1) is 40.0. The molecule has 0 aliphatic heterocycles. The summed E-state index contributed by atoms with van der Waals surface area (Å²) in [6.45, 7) is 6.68. The van der Waals surface area contributed by atoms with E-state index in [-0.39, 0.29) is 31.1 Å². The lowest BCUT2D eigenvalue weighted by Crippen LogP contribution is -2.30. The first-order valence-electron chi connectivity index (χ1n) is 36.5. The summed E-state index contributed by atoms with van der Waals surface area (Å²) < 4.78 is 17.0. The van der Waals surface area contributed by atoms with E-state index < -0.39 is 6.10 Å². The lowest BCUT2D eigenvalue weighted by atomic mass is 10.0. The van der Waals surface area contributed by atoms with E-state index in [1.807, 2.05) is 0 Å². The third kappa shape index (κ3) is 68.3. The maximum atomic E-state index is 13.0. The van der Waals surface area contributed by atoms with E-state index >= 15 is 0 Å². The van der Waals surface area contributed by atoms with Crippen molar-refractivity contribution in [2.24, 2.45) is 0 Å². The molecular formula is C75H140O6. The largest absolute Gasteiger partial charge is 0.462 e. The maximum absolute atomic E-state index is 13.0. The van der Waals surface area contributed by atoms with Crippen molar-refractivity contribution >= 4 is 17.9 Å². The van der Waals surface area contributed by atoms with Crippen LogP contribution in [0.4, 0.5) is 0 Å². The molecule has 0 N–H and O–H groups in total. The van der Waals surface area contributed by atoms with Crippen LogP contribution in [0.1, 0.15) is 406 Å². The third-order valence-electron chi connectivity index (χ3n) is 16.6. The van der Waals surface area contributed by atoms with Crippen LogP contribution in [0.15, 0.2) is 36.5 Å². The van der Waals surface area contributed by atoms with Gasteiger partial charge in [0.25, 0.3) is 0 Å². The zero-order chi connectivity index (χ0) is 58.5. The van der Waals surface area contributed by atoms with E-state index in [9.17, 15) is 14.4 Å². The molecule has 0 saturated heterocycles. The van der Waals surface area contributed by atoms with Crippen LogP contribution in [0.25, 0.3) is 0 Å². The van der Waals surface area contributed by atoms with E-state index in [2.05, 4.69) is 57.2 Å².